The Bertz CT molecular complexity index is 795. The fourth-order valence-corrected chi connectivity index (χ4v) is 3.00. The molecule has 1 N–H and O–H groups in total. The summed E-state index contributed by atoms with van der Waals surface area (Å²) in [6, 6.07) is 9.71. The second-order valence-corrected chi connectivity index (χ2v) is 6.22. The zero-order valence-corrected chi connectivity index (χ0v) is 13.6. The van der Waals surface area contributed by atoms with Crippen molar-refractivity contribution in [3.05, 3.63) is 64.9 Å². The molecule has 0 radical (unpaired) electrons. The Kier molecular flexibility index (Phi) is 4.57. The lowest BCUT2D eigenvalue weighted by Gasteiger charge is -2.10. The van der Waals surface area contributed by atoms with Gasteiger partial charge in [0.2, 0.25) is 0 Å². The van der Waals surface area contributed by atoms with Crippen molar-refractivity contribution in [3.63, 3.8) is 0 Å². The van der Waals surface area contributed by atoms with Gasteiger partial charge in [0.25, 0.3) is 0 Å². The third-order valence-corrected chi connectivity index (χ3v) is 4.25. The number of alkyl halides is 3. The van der Waals surface area contributed by atoms with E-state index in [1.807, 2.05) is 43.5 Å². The largest absolute Gasteiger partial charge is 0.434 e. The van der Waals surface area contributed by atoms with Crippen molar-refractivity contribution in [1.29, 1.82) is 0 Å². The standard InChI is InChI=1S/C16H15F3N4S/c1-11(21-15-22-14(10-24-15)16(17,18)19)13-7-20-23(9-13)8-12-5-3-2-4-6-12/h2-7,9-11H,8H2,1H3,(H,21,22). The minimum absolute atomic E-state index is 0.193. The van der Waals surface area contributed by atoms with E-state index >= 15 is 0 Å². The van der Waals surface area contributed by atoms with E-state index in [2.05, 4.69) is 15.4 Å². The van der Waals surface area contributed by atoms with E-state index in [1.54, 1.807) is 10.9 Å². The first-order chi connectivity index (χ1) is 11.4. The van der Waals surface area contributed by atoms with Crippen LogP contribution in [0.2, 0.25) is 0 Å². The highest BCUT2D eigenvalue weighted by molar-refractivity contribution is 7.13. The molecule has 4 nitrogen and oxygen atoms in total. The Morgan fingerprint density at radius 3 is 2.67 bits per heavy atom. The van der Waals surface area contributed by atoms with Crippen LogP contribution in [-0.2, 0) is 12.7 Å². The highest BCUT2D eigenvalue weighted by atomic mass is 32.1. The zero-order chi connectivity index (χ0) is 17.2. The minimum atomic E-state index is -4.42. The predicted molar refractivity (Wildman–Crippen MR) is 86.9 cm³/mol. The Labute approximate surface area is 141 Å². The molecule has 126 valence electrons. The van der Waals surface area contributed by atoms with E-state index in [0.29, 0.717) is 6.54 Å². The van der Waals surface area contributed by atoms with Crippen LogP contribution in [0.25, 0.3) is 0 Å². The molecule has 0 saturated carbocycles. The van der Waals surface area contributed by atoms with Crippen molar-refractivity contribution >= 4 is 16.5 Å². The fraction of sp³-hybridized carbons (Fsp3) is 0.250. The van der Waals surface area contributed by atoms with Crippen molar-refractivity contribution in [1.82, 2.24) is 14.8 Å². The first kappa shape index (κ1) is 16.5. The topological polar surface area (TPSA) is 42.7 Å². The summed E-state index contributed by atoms with van der Waals surface area (Å²) in [5.74, 6) is 0. The molecule has 0 aliphatic heterocycles. The molecule has 1 unspecified atom stereocenters. The number of anilines is 1. The van der Waals surface area contributed by atoms with Gasteiger partial charge in [-0.2, -0.15) is 18.3 Å². The monoisotopic (exact) mass is 352 g/mol. The zero-order valence-electron chi connectivity index (χ0n) is 12.8. The molecule has 0 saturated heterocycles. The average Bonchev–Trinajstić information content (AvgIpc) is 3.17. The van der Waals surface area contributed by atoms with Gasteiger partial charge in [-0.05, 0) is 12.5 Å². The van der Waals surface area contributed by atoms with Gasteiger partial charge < -0.3 is 5.32 Å². The minimum Gasteiger partial charge on any atom is -0.355 e. The van der Waals surface area contributed by atoms with Gasteiger partial charge in [0.1, 0.15) is 0 Å². The van der Waals surface area contributed by atoms with Gasteiger partial charge in [-0.15, -0.1) is 11.3 Å². The van der Waals surface area contributed by atoms with Crippen LogP contribution in [0.5, 0.6) is 0 Å². The van der Waals surface area contributed by atoms with Crippen LogP contribution >= 0.6 is 11.3 Å². The highest BCUT2D eigenvalue weighted by Gasteiger charge is 2.33. The Morgan fingerprint density at radius 1 is 1.25 bits per heavy atom. The van der Waals surface area contributed by atoms with Crippen LogP contribution in [0.1, 0.15) is 29.8 Å². The second-order valence-electron chi connectivity index (χ2n) is 5.36. The van der Waals surface area contributed by atoms with Crippen molar-refractivity contribution in [2.24, 2.45) is 0 Å². The molecule has 24 heavy (non-hydrogen) atoms. The predicted octanol–water partition coefficient (Wildman–Crippen LogP) is 4.58. The Balaban J connectivity index is 1.65. The molecule has 0 bridgehead atoms. The molecule has 2 heterocycles. The van der Waals surface area contributed by atoms with Crippen LogP contribution < -0.4 is 5.32 Å². The summed E-state index contributed by atoms with van der Waals surface area (Å²) >= 11 is 0.939. The number of hydrogen-bond acceptors (Lipinski definition) is 4. The van der Waals surface area contributed by atoms with Crippen LogP contribution in [0, 0.1) is 0 Å². The molecule has 2 aromatic heterocycles. The van der Waals surface area contributed by atoms with E-state index in [4.69, 9.17) is 0 Å². The average molecular weight is 352 g/mol. The number of rotatable bonds is 5. The number of hydrogen-bond donors (Lipinski definition) is 1. The molecule has 1 atom stereocenters. The summed E-state index contributed by atoms with van der Waals surface area (Å²) in [6.07, 6.45) is -0.831. The van der Waals surface area contributed by atoms with Gasteiger partial charge in [0.05, 0.1) is 18.8 Å². The molecule has 0 aliphatic carbocycles. The molecule has 1 aromatic carbocycles. The lowest BCUT2D eigenvalue weighted by atomic mass is 10.2. The van der Waals surface area contributed by atoms with Gasteiger partial charge in [0.15, 0.2) is 10.8 Å². The molecule has 8 heteroatoms. The summed E-state index contributed by atoms with van der Waals surface area (Å²) < 4.78 is 39.5. The van der Waals surface area contributed by atoms with Gasteiger partial charge >= 0.3 is 6.18 Å². The van der Waals surface area contributed by atoms with Gasteiger partial charge in [-0.25, -0.2) is 4.98 Å². The molecule has 3 aromatic rings. The van der Waals surface area contributed by atoms with E-state index in [9.17, 15) is 13.2 Å². The molecular weight excluding hydrogens is 337 g/mol. The summed E-state index contributed by atoms with van der Waals surface area (Å²) in [5.41, 5.74) is 1.14. The van der Waals surface area contributed by atoms with Gasteiger partial charge in [-0.1, -0.05) is 30.3 Å². The fourth-order valence-electron chi connectivity index (χ4n) is 2.20. The maximum atomic E-state index is 12.6. The van der Waals surface area contributed by atoms with E-state index in [0.717, 1.165) is 27.8 Å². The third-order valence-electron chi connectivity index (χ3n) is 3.48. The molecule has 0 aliphatic rings. The van der Waals surface area contributed by atoms with Gasteiger partial charge in [-0.3, -0.25) is 4.68 Å². The summed E-state index contributed by atoms with van der Waals surface area (Å²) in [5, 5.41) is 8.53. The molecular formula is C16H15F3N4S. The summed E-state index contributed by atoms with van der Waals surface area (Å²) in [7, 11) is 0. The van der Waals surface area contributed by atoms with E-state index < -0.39 is 11.9 Å². The van der Waals surface area contributed by atoms with Crippen LogP contribution in [0.3, 0.4) is 0 Å². The lowest BCUT2D eigenvalue weighted by Crippen LogP contribution is -2.08. The maximum Gasteiger partial charge on any atom is 0.434 e. The van der Waals surface area contributed by atoms with Crippen molar-refractivity contribution in [2.45, 2.75) is 25.7 Å². The van der Waals surface area contributed by atoms with E-state index in [1.165, 1.54) is 0 Å². The SMILES string of the molecule is CC(Nc1nc(C(F)(F)F)cs1)c1cnn(Cc2ccccc2)c1. The number of benzene rings is 1. The number of nitrogens with zero attached hydrogens (tertiary/aromatic N) is 3. The second kappa shape index (κ2) is 6.64. The first-order valence-corrected chi connectivity index (χ1v) is 8.15. The number of aromatic nitrogens is 3. The number of nitrogens with one attached hydrogen (secondary N) is 1. The van der Waals surface area contributed by atoms with Gasteiger partial charge in [0, 0.05) is 17.1 Å². The Morgan fingerprint density at radius 2 is 2.00 bits per heavy atom. The maximum absolute atomic E-state index is 12.6. The molecule has 0 spiro atoms. The van der Waals surface area contributed by atoms with Crippen LogP contribution in [0.15, 0.2) is 48.1 Å². The molecule has 3 rings (SSSR count). The number of halogens is 3. The van der Waals surface area contributed by atoms with Crippen molar-refractivity contribution < 1.29 is 13.2 Å². The molecule has 0 fully saturated rings. The van der Waals surface area contributed by atoms with Crippen LogP contribution in [-0.4, -0.2) is 14.8 Å². The highest BCUT2D eigenvalue weighted by Crippen LogP contribution is 2.32. The smallest absolute Gasteiger partial charge is 0.355 e. The van der Waals surface area contributed by atoms with Crippen molar-refractivity contribution in [3.8, 4) is 0 Å². The van der Waals surface area contributed by atoms with Crippen LogP contribution in [0.4, 0.5) is 18.3 Å². The Hall–Kier alpha value is -2.35. The number of thiazole rings is 1. The quantitative estimate of drug-likeness (QED) is 0.731. The molecule has 0 amide bonds. The van der Waals surface area contributed by atoms with E-state index in [-0.39, 0.29) is 11.2 Å². The summed E-state index contributed by atoms with van der Waals surface area (Å²) in [6.45, 7) is 2.50. The normalized spacial score (nSPS) is 13.0. The summed E-state index contributed by atoms with van der Waals surface area (Å²) in [4.78, 5) is 3.58. The third kappa shape index (κ3) is 3.94. The first-order valence-electron chi connectivity index (χ1n) is 7.27. The lowest BCUT2D eigenvalue weighted by molar-refractivity contribution is -0.140. The van der Waals surface area contributed by atoms with Crippen molar-refractivity contribution in [2.75, 3.05) is 5.32 Å².